The van der Waals surface area contributed by atoms with Gasteiger partial charge in [-0.05, 0) is 65.2 Å². The second-order valence-corrected chi connectivity index (χ2v) is 16.1. The number of benzene rings is 1. The molecule has 6 unspecified atom stereocenters. The van der Waals surface area contributed by atoms with Gasteiger partial charge < -0.3 is 15.2 Å². The highest BCUT2D eigenvalue weighted by Crippen LogP contribution is 2.62. The Kier molecular flexibility index (Phi) is 6.94. The van der Waals surface area contributed by atoms with Gasteiger partial charge in [-0.2, -0.15) is 5.26 Å². The third-order valence-electron chi connectivity index (χ3n) is 11.9. The van der Waals surface area contributed by atoms with Crippen molar-refractivity contribution in [1.29, 1.82) is 5.26 Å². The van der Waals surface area contributed by atoms with Crippen LogP contribution in [0.4, 0.5) is 0 Å². The molecule has 0 fully saturated rings. The van der Waals surface area contributed by atoms with Gasteiger partial charge >= 0.3 is 0 Å². The number of allylic oxidation sites excluding steroid dienone is 13. The van der Waals surface area contributed by atoms with Crippen molar-refractivity contribution in [3.05, 3.63) is 172 Å². The Morgan fingerprint density at radius 3 is 2.75 bits per heavy atom. The Hall–Kier alpha value is -5.02. The molecule has 8 aliphatic rings. The monoisotopic (exact) mass is 680 g/mol. The van der Waals surface area contributed by atoms with Gasteiger partial charge in [0, 0.05) is 57.1 Å². The van der Waals surface area contributed by atoms with Gasteiger partial charge in [0.15, 0.2) is 0 Å². The van der Waals surface area contributed by atoms with E-state index in [1.165, 1.54) is 49.8 Å². The molecule has 2 aliphatic heterocycles. The molecule has 0 saturated carbocycles. The highest BCUT2D eigenvalue weighted by atomic mass is 32.2. The molecule has 0 bridgehead atoms. The largest absolute Gasteiger partial charge is 0.339 e. The number of nitrogens with zero attached hydrogens (tertiary/aromatic N) is 3. The molecule has 1 aromatic carbocycles. The molecule has 250 valence electrons. The maximum atomic E-state index is 10.7. The van der Waals surface area contributed by atoms with Gasteiger partial charge in [-0.15, -0.1) is 18.3 Å². The zero-order valence-corrected chi connectivity index (χ0v) is 29.6. The van der Waals surface area contributed by atoms with Crippen molar-refractivity contribution in [3.8, 4) is 6.07 Å². The van der Waals surface area contributed by atoms with Crippen LogP contribution in [0.2, 0.25) is 0 Å². The van der Waals surface area contributed by atoms with E-state index in [1.807, 2.05) is 17.8 Å². The highest BCUT2D eigenvalue weighted by Gasteiger charge is 2.48. The molecule has 5 heteroatoms. The number of hydrogen-bond donors (Lipinski definition) is 1. The van der Waals surface area contributed by atoms with Crippen LogP contribution in [0.25, 0.3) is 23.4 Å². The second kappa shape index (κ2) is 11.5. The van der Waals surface area contributed by atoms with Crippen LogP contribution in [-0.2, 0) is 6.42 Å². The summed E-state index contributed by atoms with van der Waals surface area (Å²) in [4.78, 5) is 3.69. The Morgan fingerprint density at radius 1 is 1.04 bits per heavy atom. The number of rotatable bonds is 5. The molecule has 2 aromatic rings. The molecule has 1 aromatic heterocycles. The minimum Gasteiger partial charge on any atom is -0.339 e. The van der Waals surface area contributed by atoms with Gasteiger partial charge in [-0.1, -0.05) is 110 Å². The molecular formula is C46H40N4S. The Bertz CT molecular complexity index is 2330. The zero-order valence-electron chi connectivity index (χ0n) is 28.8. The molecule has 0 radical (unpaired) electrons. The molecule has 0 spiro atoms. The number of fused-ring (bicyclic) bond motifs is 8. The lowest BCUT2D eigenvalue weighted by Crippen LogP contribution is -2.32. The fraction of sp³-hybridized carbons (Fsp3) is 0.239. The molecule has 6 aliphatic carbocycles. The van der Waals surface area contributed by atoms with Crippen molar-refractivity contribution < 1.29 is 0 Å². The van der Waals surface area contributed by atoms with E-state index in [-0.39, 0.29) is 23.1 Å². The first-order chi connectivity index (χ1) is 25.0. The van der Waals surface area contributed by atoms with Crippen LogP contribution in [0.15, 0.2) is 143 Å². The van der Waals surface area contributed by atoms with Gasteiger partial charge in [-0.25, -0.2) is 0 Å². The van der Waals surface area contributed by atoms with Gasteiger partial charge in [0.05, 0.1) is 34.6 Å². The van der Waals surface area contributed by atoms with E-state index in [4.69, 9.17) is 5.73 Å². The van der Waals surface area contributed by atoms with E-state index in [0.717, 1.165) is 41.7 Å². The van der Waals surface area contributed by atoms with E-state index in [1.54, 1.807) is 0 Å². The lowest BCUT2D eigenvalue weighted by atomic mass is 9.83. The lowest BCUT2D eigenvalue weighted by molar-refractivity contribution is 0.396. The van der Waals surface area contributed by atoms with Crippen LogP contribution in [-0.4, -0.2) is 21.0 Å². The van der Waals surface area contributed by atoms with Crippen molar-refractivity contribution in [2.45, 2.75) is 60.3 Å². The van der Waals surface area contributed by atoms with Crippen LogP contribution < -0.4 is 5.73 Å². The minimum absolute atomic E-state index is 0.0577. The summed E-state index contributed by atoms with van der Waals surface area (Å²) in [6.07, 6.45) is 41.8. The van der Waals surface area contributed by atoms with Crippen LogP contribution in [0.1, 0.15) is 71.0 Å². The van der Waals surface area contributed by atoms with Crippen molar-refractivity contribution >= 4 is 35.2 Å². The lowest BCUT2D eigenvalue weighted by Gasteiger charge is -2.32. The molecule has 51 heavy (non-hydrogen) atoms. The summed E-state index contributed by atoms with van der Waals surface area (Å²) in [5.74, 6) is 0.951. The van der Waals surface area contributed by atoms with E-state index in [9.17, 15) is 5.26 Å². The predicted molar refractivity (Wildman–Crippen MR) is 211 cm³/mol. The van der Waals surface area contributed by atoms with Gasteiger partial charge in [-0.3, -0.25) is 0 Å². The Labute approximate surface area is 304 Å². The molecular weight excluding hydrogens is 641 g/mol. The zero-order chi connectivity index (χ0) is 34.4. The highest BCUT2D eigenvalue weighted by molar-refractivity contribution is 8.00. The third-order valence-corrected chi connectivity index (χ3v) is 13.4. The van der Waals surface area contributed by atoms with Gasteiger partial charge in [0.1, 0.15) is 0 Å². The van der Waals surface area contributed by atoms with Crippen LogP contribution in [0, 0.1) is 23.2 Å². The van der Waals surface area contributed by atoms with E-state index in [2.05, 4.69) is 145 Å². The fourth-order valence-corrected chi connectivity index (χ4v) is 11.0. The number of nitriles is 1. The van der Waals surface area contributed by atoms with Crippen LogP contribution in [0.3, 0.4) is 0 Å². The smallest absolute Gasteiger partial charge is 0.0972 e. The summed E-state index contributed by atoms with van der Waals surface area (Å²) in [7, 11) is 0. The maximum Gasteiger partial charge on any atom is 0.0972 e. The van der Waals surface area contributed by atoms with E-state index in [0.29, 0.717) is 12.3 Å². The van der Waals surface area contributed by atoms with Crippen molar-refractivity contribution in [2.75, 3.05) is 0 Å². The Morgan fingerprint density at radius 2 is 1.92 bits per heavy atom. The summed E-state index contributed by atoms with van der Waals surface area (Å²) < 4.78 is 2.60. The van der Waals surface area contributed by atoms with Crippen molar-refractivity contribution in [2.24, 2.45) is 17.6 Å². The summed E-state index contributed by atoms with van der Waals surface area (Å²) in [6.45, 7) is 6.34. The first-order valence-corrected chi connectivity index (χ1v) is 19.2. The standard InChI is InChI=1S/C46H40N4S/c1-3-46(48)25-38(46)37-27-49(39-19-10-9-15-31(37)39)43-29(26-47)12-7-8-16-32(43)33-17-11-18-34-35-22-23-40-42(45(35)51-44(33)34)36-21-20-28(2)24-41(36)50(40)30-13-5-4-6-14-30/h3-5,7-11,13,15-23,25,27-28,31,35,39,45H,1,6,12,14,24,48H2,2H3. The number of aromatic nitrogens is 1. The van der Waals surface area contributed by atoms with Crippen molar-refractivity contribution in [3.63, 3.8) is 0 Å². The first kappa shape index (κ1) is 30.8. The van der Waals surface area contributed by atoms with Gasteiger partial charge in [0.2, 0.25) is 0 Å². The molecule has 0 saturated heterocycles. The van der Waals surface area contributed by atoms with Crippen LogP contribution in [0.5, 0.6) is 0 Å². The topological polar surface area (TPSA) is 58.0 Å². The molecule has 4 nitrogen and oxygen atoms in total. The molecule has 6 atom stereocenters. The Balaban J connectivity index is 1.09. The third kappa shape index (κ3) is 4.56. The van der Waals surface area contributed by atoms with E-state index < -0.39 is 5.54 Å². The second-order valence-electron chi connectivity index (χ2n) is 14.9. The molecule has 0 amide bonds. The minimum atomic E-state index is -0.563. The SMILES string of the molecule is C=CC1(N)C=C1C1=CN(C2=C(C#N)CC=CC=C2c2cccc3c2SC2c4c5c(n(C6=CC=CCC6)c4C=CC32)CC(C)C=C5)C2C=CC=CC12. The number of hydrogen-bond acceptors (Lipinski definition) is 4. The normalized spacial score (nSPS) is 30.4. The average Bonchev–Trinajstić information content (AvgIpc) is 3.40. The van der Waals surface area contributed by atoms with E-state index >= 15 is 0 Å². The summed E-state index contributed by atoms with van der Waals surface area (Å²) in [6, 6.07) is 9.52. The predicted octanol–water partition coefficient (Wildman–Crippen LogP) is 10.1. The van der Waals surface area contributed by atoms with Crippen LogP contribution >= 0.6 is 11.8 Å². The summed E-state index contributed by atoms with van der Waals surface area (Å²) in [5.41, 5.74) is 21.0. The summed E-state index contributed by atoms with van der Waals surface area (Å²) in [5, 5.41) is 11.0. The maximum absolute atomic E-state index is 10.7. The molecule has 3 heterocycles. The van der Waals surface area contributed by atoms with Crippen molar-refractivity contribution in [1.82, 2.24) is 9.47 Å². The average molecular weight is 681 g/mol. The van der Waals surface area contributed by atoms with Gasteiger partial charge in [0.25, 0.3) is 0 Å². The first-order valence-electron chi connectivity index (χ1n) is 18.3. The number of nitrogens with two attached hydrogens (primary N) is 1. The fourth-order valence-electron chi connectivity index (χ4n) is 9.37. The quantitative estimate of drug-likeness (QED) is 0.320. The molecule has 2 N–H and O–H groups in total. The molecule has 10 rings (SSSR count). The number of thioether (sulfide) groups is 1. The summed E-state index contributed by atoms with van der Waals surface area (Å²) >= 11 is 2.02.